The highest BCUT2D eigenvalue weighted by atomic mass is 15.4. The first kappa shape index (κ1) is 19.4. The van der Waals surface area contributed by atoms with Crippen LogP contribution in [0.5, 0.6) is 0 Å². The van der Waals surface area contributed by atoms with Gasteiger partial charge in [-0.25, -0.2) is 0 Å². The normalized spacial score (nSPS) is 23.2. The van der Waals surface area contributed by atoms with Gasteiger partial charge < -0.3 is 10.2 Å². The Balaban J connectivity index is 1.28. The fourth-order valence-corrected chi connectivity index (χ4v) is 4.21. The van der Waals surface area contributed by atoms with Gasteiger partial charge in [0.05, 0.1) is 0 Å². The van der Waals surface area contributed by atoms with Crippen LogP contribution in [0.3, 0.4) is 0 Å². The van der Waals surface area contributed by atoms with Crippen molar-refractivity contribution in [2.24, 2.45) is 5.92 Å². The minimum absolute atomic E-state index is 0.531. The van der Waals surface area contributed by atoms with Gasteiger partial charge >= 0.3 is 0 Å². The van der Waals surface area contributed by atoms with Gasteiger partial charge in [0, 0.05) is 70.0 Å². The van der Waals surface area contributed by atoms with E-state index in [-0.39, 0.29) is 0 Å². The molecule has 0 radical (unpaired) electrons. The quantitative estimate of drug-likeness (QED) is 0.688. The van der Waals surface area contributed by atoms with Crippen LogP contribution in [0.2, 0.25) is 0 Å². The van der Waals surface area contributed by atoms with Gasteiger partial charge in [0.25, 0.3) is 0 Å². The van der Waals surface area contributed by atoms with Gasteiger partial charge in [-0.1, -0.05) is 42.5 Å². The smallest absolute Gasteiger partial charge is 0.0367 e. The Morgan fingerprint density at radius 1 is 0.929 bits per heavy atom. The molecule has 0 aromatic heterocycles. The van der Waals surface area contributed by atoms with Gasteiger partial charge in [0.1, 0.15) is 0 Å². The maximum absolute atomic E-state index is 3.67. The molecule has 0 spiro atoms. The molecule has 2 aromatic carbocycles. The Morgan fingerprint density at radius 2 is 1.64 bits per heavy atom. The number of para-hydroxylation sites is 1. The fraction of sp³-hybridized carbons (Fsp3) is 0.478. The first-order chi connectivity index (χ1) is 13.8. The molecule has 0 bridgehead atoms. The highest BCUT2D eigenvalue weighted by Crippen LogP contribution is 2.18. The highest BCUT2D eigenvalue weighted by Gasteiger charge is 2.22. The van der Waals surface area contributed by atoms with Crippen molar-refractivity contribution in [3.05, 3.63) is 65.7 Å². The van der Waals surface area contributed by atoms with E-state index in [1.807, 2.05) is 0 Å². The fourth-order valence-electron chi connectivity index (χ4n) is 4.21. The number of hydrazine groups is 1. The Hall–Kier alpha value is -1.92. The molecule has 2 unspecified atom stereocenters. The Kier molecular flexibility index (Phi) is 6.60. The zero-order valence-corrected chi connectivity index (χ0v) is 16.9. The Labute approximate surface area is 169 Å². The van der Waals surface area contributed by atoms with E-state index >= 15 is 0 Å². The lowest BCUT2D eigenvalue weighted by atomic mass is 10.0. The third-order valence-electron chi connectivity index (χ3n) is 6.13. The van der Waals surface area contributed by atoms with Crippen molar-refractivity contribution in [1.29, 1.82) is 0 Å². The minimum atomic E-state index is 0.531. The van der Waals surface area contributed by atoms with E-state index in [9.17, 15) is 0 Å². The number of rotatable bonds is 7. The SMILES string of the molecule is CC1NNCC1CNCc1ccccc1CN1CCN(c2ccccc2)CC1. The van der Waals surface area contributed by atoms with Gasteiger partial charge in [-0.05, 0) is 30.2 Å². The third kappa shape index (κ3) is 4.92. The molecule has 2 aromatic rings. The molecule has 150 valence electrons. The molecule has 2 aliphatic heterocycles. The summed E-state index contributed by atoms with van der Waals surface area (Å²) in [5, 5.41) is 3.67. The van der Waals surface area contributed by atoms with Crippen LogP contribution in [0.25, 0.3) is 0 Å². The second-order valence-electron chi connectivity index (χ2n) is 8.07. The summed E-state index contributed by atoms with van der Waals surface area (Å²) in [5.41, 5.74) is 10.8. The molecule has 0 aliphatic carbocycles. The van der Waals surface area contributed by atoms with E-state index in [1.165, 1.54) is 16.8 Å². The van der Waals surface area contributed by atoms with E-state index in [2.05, 4.69) is 87.5 Å². The molecule has 2 atom stereocenters. The summed E-state index contributed by atoms with van der Waals surface area (Å²) in [7, 11) is 0. The minimum Gasteiger partial charge on any atom is -0.369 e. The lowest BCUT2D eigenvalue weighted by Crippen LogP contribution is -2.46. The summed E-state index contributed by atoms with van der Waals surface area (Å²) in [6.07, 6.45) is 0. The average Bonchev–Trinajstić information content (AvgIpc) is 3.15. The molecule has 0 saturated carbocycles. The predicted molar refractivity (Wildman–Crippen MR) is 116 cm³/mol. The van der Waals surface area contributed by atoms with Crippen LogP contribution in [0.4, 0.5) is 5.69 Å². The van der Waals surface area contributed by atoms with Crippen LogP contribution in [0, 0.1) is 5.92 Å². The van der Waals surface area contributed by atoms with Gasteiger partial charge in [-0.3, -0.25) is 15.8 Å². The predicted octanol–water partition coefficient (Wildman–Crippen LogP) is 2.21. The van der Waals surface area contributed by atoms with Crippen molar-refractivity contribution in [3.63, 3.8) is 0 Å². The van der Waals surface area contributed by atoms with Crippen LogP contribution in [-0.2, 0) is 13.1 Å². The maximum Gasteiger partial charge on any atom is 0.0367 e. The summed E-state index contributed by atoms with van der Waals surface area (Å²) in [4.78, 5) is 5.08. The number of piperazine rings is 1. The van der Waals surface area contributed by atoms with Crippen LogP contribution >= 0.6 is 0 Å². The van der Waals surface area contributed by atoms with Crippen molar-refractivity contribution < 1.29 is 0 Å². The number of nitrogens with zero attached hydrogens (tertiary/aromatic N) is 2. The Bertz CT molecular complexity index is 727. The number of anilines is 1. The molecular formula is C23H33N5. The third-order valence-corrected chi connectivity index (χ3v) is 6.13. The molecule has 2 saturated heterocycles. The van der Waals surface area contributed by atoms with Gasteiger partial charge in [0.2, 0.25) is 0 Å². The molecule has 2 heterocycles. The van der Waals surface area contributed by atoms with Crippen LogP contribution < -0.4 is 21.1 Å². The van der Waals surface area contributed by atoms with E-state index < -0.39 is 0 Å². The molecule has 5 nitrogen and oxygen atoms in total. The van der Waals surface area contributed by atoms with Gasteiger partial charge in [-0.2, -0.15) is 0 Å². The first-order valence-corrected chi connectivity index (χ1v) is 10.6. The zero-order valence-electron chi connectivity index (χ0n) is 16.9. The second-order valence-corrected chi connectivity index (χ2v) is 8.07. The van der Waals surface area contributed by atoms with E-state index in [0.29, 0.717) is 12.0 Å². The molecule has 28 heavy (non-hydrogen) atoms. The molecule has 5 heteroatoms. The van der Waals surface area contributed by atoms with Gasteiger partial charge in [-0.15, -0.1) is 0 Å². The number of hydrogen-bond acceptors (Lipinski definition) is 5. The largest absolute Gasteiger partial charge is 0.369 e. The summed E-state index contributed by atoms with van der Waals surface area (Å²) in [5.74, 6) is 0.651. The van der Waals surface area contributed by atoms with Crippen molar-refractivity contribution in [3.8, 4) is 0 Å². The van der Waals surface area contributed by atoms with Crippen LogP contribution in [0.1, 0.15) is 18.1 Å². The summed E-state index contributed by atoms with van der Waals surface area (Å²) >= 11 is 0. The second kappa shape index (κ2) is 9.52. The topological polar surface area (TPSA) is 42.6 Å². The summed E-state index contributed by atoms with van der Waals surface area (Å²) in [6, 6.07) is 20.2. The van der Waals surface area contributed by atoms with Crippen LogP contribution in [0.15, 0.2) is 54.6 Å². The van der Waals surface area contributed by atoms with E-state index in [1.54, 1.807) is 0 Å². The molecule has 4 rings (SSSR count). The molecule has 2 fully saturated rings. The number of nitrogens with one attached hydrogen (secondary N) is 3. The molecule has 2 aliphatic rings. The average molecular weight is 380 g/mol. The van der Waals surface area contributed by atoms with Gasteiger partial charge in [0.15, 0.2) is 0 Å². The monoisotopic (exact) mass is 379 g/mol. The molecule has 3 N–H and O–H groups in total. The number of benzene rings is 2. The zero-order chi connectivity index (χ0) is 19.2. The van der Waals surface area contributed by atoms with Crippen molar-refractivity contribution >= 4 is 5.69 Å². The molecular weight excluding hydrogens is 346 g/mol. The van der Waals surface area contributed by atoms with Crippen LogP contribution in [-0.4, -0.2) is 50.2 Å². The van der Waals surface area contributed by atoms with Crippen molar-refractivity contribution in [2.75, 3.05) is 44.2 Å². The standard InChI is InChI=1S/C23H33N5/c1-19-22(17-25-26-19)16-24-15-20-7-5-6-8-21(20)18-27-11-13-28(14-12-27)23-9-3-2-4-10-23/h2-10,19,22,24-26H,11-18H2,1H3. The van der Waals surface area contributed by atoms with Crippen molar-refractivity contribution in [2.45, 2.75) is 26.1 Å². The first-order valence-electron chi connectivity index (χ1n) is 10.6. The number of hydrogen-bond donors (Lipinski definition) is 3. The lowest BCUT2D eigenvalue weighted by molar-refractivity contribution is 0.249. The Morgan fingerprint density at radius 3 is 2.36 bits per heavy atom. The molecule has 0 amide bonds. The lowest BCUT2D eigenvalue weighted by Gasteiger charge is -2.36. The van der Waals surface area contributed by atoms with E-state index in [0.717, 1.165) is 52.4 Å². The highest BCUT2D eigenvalue weighted by molar-refractivity contribution is 5.46. The summed E-state index contributed by atoms with van der Waals surface area (Å²) in [6.45, 7) is 10.8. The van der Waals surface area contributed by atoms with E-state index in [4.69, 9.17) is 0 Å². The summed E-state index contributed by atoms with van der Waals surface area (Å²) < 4.78 is 0. The maximum atomic E-state index is 3.67. The van der Waals surface area contributed by atoms with Crippen molar-refractivity contribution in [1.82, 2.24) is 21.1 Å².